The number of halogens is 4. The second-order valence-electron chi connectivity index (χ2n) is 2.98. The van der Waals surface area contributed by atoms with Crippen LogP contribution in [0.25, 0.3) is 0 Å². The summed E-state index contributed by atoms with van der Waals surface area (Å²) in [5.41, 5.74) is -0.310. The number of carbonyl (C=O) groups is 2. The number of Topliss-reactive ketones (excluding diaryl/α,β-unsaturated/α-hetero) is 1. The van der Waals surface area contributed by atoms with Gasteiger partial charge in [-0.25, -0.2) is 0 Å². The smallest absolute Gasteiger partial charge is 0.405 e. The van der Waals surface area contributed by atoms with Crippen LogP contribution in [-0.4, -0.2) is 24.3 Å². The average molecular weight is 267 g/mol. The summed E-state index contributed by atoms with van der Waals surface area (Å²) in [5.74, 6) is -1.47. The van der Waals surface area contributed by atoms with Crippen LogP contribution in [0.4, 0.5) is 13.2 Å². The van der Waals surface area contributed by atoms with Crippen LogP contribution < -0.4 is 4.74 Å². The molecule has 0 aromatic heterocycles. The summed E-state index contributed by atoms with van der Waals surface area (Å²) in [6, 6.07) is 3.01. The maximum atomic E-state index is 12.0. The number of ether oxygens (including phenoxy) is 1. The predicted molar refractivity (Wildman–Crippen MR) is 53.6 cm³/mol. The van der Waals surface area contributed by atoms with Crippen LogP contribution in [0.2, 0.25) is 0 Å². The van der Waals surface area contributed by atoms with Gasteiger partial charge in [-0.2, -0.15) is 0 Å². The number of hydrogen-bond acceptors (Lipinski definition) is 3. The van der Waals surface area contributed by atoms with Crippen LogP contribution in [0.1, 0.15) is 20.7 Å². The molecule has 0 aliphatic carbocycles. The lowest BCUT2D eigenvalue weighted by Crippen LogP contribution is -2.18. The van der Waals surface area contributed by atoms with Crippen LogP contribution in [0.5, 0.6) is 5.75 Å². The summed E-state index contributed by atoms with van der Waals surface area (Å²) in [6.45, 7) is 0. The van der Waals surface area contributed by atoms with E-state index in [1.165, 1.54) is 0 Å². The Bertz CT molecular complexity index is 443. The molecule has 0 unspecified atom stereocenters. The molecule has 0 bridgehead atoms. The zero-order valence-electron chi connectivity index (χ0n) is 8.25. The number of rotatable bonds is 4. The van der Waals surface area contributed by atoms with Gasteiger partial charge in [0.25, 0.3) is 0 Å². The van der Waals surface area contributed by atoms with E-state index in [9.17, 15) is 22.8 Å². The van der Waals surface area contributed by atoms with Crippen LogP contribution in [-0.2, 0) is 0 Å². The van der Waals surface area contributed by atoms with Gasteiger partial charge in [-0.1, -0.05) is 0 Å². The van der Waals surface area contributed by atoms with Gasteiger partial charge in [0, 0.05) is 5.56 Å². The molecule has 0 N–H and O–H groups in total. The predicted octanol–water partition coefficient (Wildman–Crippen LogP) is 2.82. The van der Waals surface area contributed by atoms with Crippen molar-refractivity contribution in [2.75, 3.05) is 5.88 Å². The maximum absolute atomic E-state index is 12.0. The molecule has 7 heteroatoms. The van der Waals surface area contributed by atoms with Crippen molar-refractivity contribution >= 4 is 23.7 Å². The van der Waals surface area contributed by atoms with Gasteiger partial charge < -0.3 is 4.74 Å². The molecule has 0 radical (unpaired) electrons. The van der Waals surface area contributed by atoms with Crippen molar-refractivity contribution < 1.29 is 27.5 Å². The molecule has 0 atom stereocenters. The van der Waals surface area contributed by atoms with E-state index in [2.05, 4.69) is 4.74 Å². The van der Waals surface area contributed by atoms with Gasteiger partial charge >= 0.3 is 6.36 Å². The number of hydrogen-bond donors (Lipinski definition) is 0. The van der Waals surface area contributed by atoms with E-state index in [0.717, 1.165) is 18.2 Å². The summed E-state index contributed by atoms with van der Waals surface area (Å²) in [5, 5.41) is 0. The van der Waals surface area contributed by atoms with Crippen molar-refractivity contribution in [2.24, 2.45) is 0 Å². The Kier molecular flexibility index (Phi) is 4.11. The summed E-state index contributed by atoms with van der Waals surface area (Å²) < 4.78 is 39.5. The molecule has 1 aromatic carbocycles. The minimum atomic E-state index is -4.89. The highest BCUT2D eigenvalue weighted by Gasteiger charge is 2.32. The molecule has 0 aliphatic rings. The lowest BCUT2D eigenvalue weighted by atomic mass is 10.1. The molecular formula is C10H6ClF3O3. The second-order valence-corrected chi connectivity index (χ2v) is 3.24. The highest BCUT2D eigenvalue weighted by atomic mass is 35.5. The summed E-state index contributed by atoms with van der Waals surface area (Å²) in [4.78, 5) is 21.8. The first-order valence-corrected chi connectivity index (χ1v) is 4.85. The summed E-state index contributed by atoms with van der Waals surface area (Å²) in [7, 11) is 0. The minimum absolute atomic E-state index is 0.0524. The Labute approximate surface area is 99.1 Å². The van der Waals surface area contributed by atoms with Crippen molar-refractivity contribution in [3.05, 3.63) is 29.3 Å². The zero-order valence-corrected chi connectivity index (χ0v) is 9.01. The minimum Gasteiger partial charge on any atom is -0.405 e. The van der Waals surface area contributed by atoms with Crippen LogP contribution in [0.15, 0.2) is 18.2 Å². The SMILES string of the molecule is O=Cc1cc(C(=O)CCl)ccc1OC(F)(F)F. The monoisotopic (exact) mass is 266 g/mol. The molecule has 0 amide bonds. The first-order valence-electron chi connectivity index (χ1n) is 4.31. The Hall–Kier alpha value is -1.56. The summed E-state index contributed by atoms with van der Waals surface area (Å²) in [6.07, 6.45) is -4.72. The van der Waals surface area contributed by atoms with Gasteiger partial charge in [0.2, 0.25) is 0 Å². The Morgan fingerprint density at radius 2 is 2.06 bits per heavy atom. The van der Waals surface area contributed by atoms with Gasteiger partial charge in [-0.3, -0.25) is 9.59 Å². The Morgan fingerprint density at radius 3 is 2.53 bits per heavy atom. The molecule has 1 aromatic rings. The first kappa shape index (κ1) is 13.5. The van der Waals surface area contributed by atoms with Crippen LogP contribution >= 0.6 is 11.6 Å². The molecule has 0 saturated carbocycles. The molecule has 0 heterocycles. The first-order chi connectivity index (χ1) is 7.87. The highest BCUT2D eigenvalue weighted by molar-refractivity contribution is 6.30. The number of aldehydes is 1. The Morgan fingerprint density at radius 1 is 1.41 bits per heavy atom. The fraction of sp³-hybridized carbons (Fsp3) is 0.200. The quantitative estimate of drug-likeness (QED) is 0.478. The van der Waals surface area contributed by atoms with E-state index in [4.69, 9.17) is 11.6 Å². The second kappa shape index (κ2) is 5.18. The van der Waals surface area contributed by atoms with Gasteiger partial charge in [-0.05, 0) is 18.2 Å². The lowest BCUT2D eigenvalue weighted by molar-refractivity contribution is -0.274. The third kappa shape index (κ3) is 3.74. The van der Waals surface area contributed by atoms with E-state index in [1.54, 1.807) is 0 Å². The van der Waals surface area contributed by atoms with E-state index in [1.807, 2.05) is 0 Å². The molecule has 0 aliphatic heterocycles. The van der Waals surface area contributed by atoms with E-state index < -0.39 is 17.9 Å². The largest absolute Gasteiger partial charge is 0.573 e. The number of carbonyl (C=O) groups excluding carboxylic acids is 2. The lowest BCUT2D eigenvalue weighted by Gasteiger charge is -2.11. The van der Waals surface area contributed by atoms with Crippen molar-refractivity contribution in [3.63, 3.8) is 0 Å². The third-order valence-electron chi connectivity index (χ3n) is 1.81. The maximum Gasteiger partial charge on any atom is 0.573 e. The normalized spacial score (nSPS) is 11.1. The van der Waals surface area contributed by atoms with E-state index in [-0.39, 0.29) is 23.3 Å². The molecule has 92 valence electrons. The van der Waals surface area contributed by atoms with E-state index >= 15 is 0 Å². The van der Waals surface area contributed by atoms with Crippen molar-refractivity contribution in [2.45, 2.75) is 6.36 Å². The van der Waals surface area contributed by atoms with Crippen molar-refractivity contribution in [1.82, 2.24) is 0 Å². The van der Waals surface area contributed by atoms with Crippen molar-refractivity contribution in [1.29, 1.82) is 0 Å². The Balaban J connectivity index is 3.10. The fourth-order valence-electron chi connectivity index (χ4n) is 1.11. The van der Waals surface area contributed by atoms with Gasteiger partial charge in [0.15, 0.2) is 12.1 Å². The molecule has 3 nitrogen and oxygen atoms in total. The molecule has 17 heavy (non-hydrogen) atoms. The molecule has 0 saturated heterocycles. The standard InChI is InChI=1S/C10H6ClF3O3/c11-4-8(16)6-1-2-9(7(3-6)5-15)17-10(12,13)14/h1-3,5H,4H2. The van der Waals surface area contributed by atoms with Crippen molar-refractivity contribution in [3.8, 4) is 5.75 Å². The molecule has 1 rings (SSSR count). The molecule has 0 spiro atoms. The molecular weight excluding hydrogens is 261 g/mol. The number of alkyl halides is 4. The van der Waals surface area contributed by atoms with Gasteiger partial charge in [0.1, 0.15) is 5.75 Å². The number of ketones is 1. The third-order valence-corrected chi connectivity index (χ3v) is 2.05. The zero-order chi connectivity index (χ0) is 13.1. The highest BCUT2D eigenvalue weighted by Crippen LogP contribution is 2.26. The summed E-state index contributed by atoms with van der Waals surface area (Å²) >= 11 is 5.28. The fourth-order valence-corrected chi connectivity index (χ4v) is 1.26. The van der Waals surface area contributed by atoms with Gasteiger partial charge in [0.05, 0.1) is 11.4 Å². The van der Waals surface area contributed by atoms with Crippen LogP contribution in [0, 0.1) is 0 Å². The average Bonchev–Trinajstić information content (AvgIpc) is 2.26. The van der Waals surface area contributed by atoms with E-state index in [0.29, 0.717) is 0 Å². The topological polar surface area (TPSA) is 43.4 Å². The van der Waals surface area contributed by atoms with Crippen LogP contribution in [0.3, 0.4) is 0 Å². The molecule has 0 fully saturated rings. The van der Waals surface area contributed by atoms with Gasteiger partial charge in [-0.15, -0.1) is 24.8 Å². The number of benzene rings is 1.